The predicted octanol–water partition coefficient (Wildman–Crippen LogP) is 2.86. The number of nitrogens with zero attached hydrogens (tertiary/aromatic N) is 2. The Labute approximate surface area is 99.4 Å². The van der Waals surface area contributed by atoms with Gasteiger partial charge in [0, 0.05) is 11.8 Å². The van der Waals surface area contributed by atoms with E-state index in [0.29, 0.717) is 0 Å². The minimum absolute atomic E-state index is 0.0311. The number of hydrogen-bond donors (Lipinski definition) is 1. The summed E-state index contributed by atoms with van der Waals surface area (Å²) in [5.74, 6) is 0. The molecule has 86 valence electrons. The van der Waals surface area contributed by atoms with E-state index in [-0.39, 0.29) is 12.1 Å². The highest BCUT2D eigenvalue weighted by Gasteiger charge is 2.18. The number of aliphatic hydroxyl groups excluding tert-OH is 1. The second-order valence-corrected chi connectivity index (χ2v) is 5.70. The molecule has 0 spiro atoms. The van der Waals surface area contributed by atoms with Gasteiger partial charge in [-0.05, 0) is 32.2 Å². The molecule has 0 fully saturated rings. The van der Waals surface area contributed by atoms with Crippen molar-refractivity contribution in [1.82, 2.24) is 9.78 Å². The molecule has 3 nitrogen and oxygen atoms in total. The predicted molar refractivity (Wildman–Crippen MR) is 66.5 cm³/mol. The zero-order valence-corrected chi connectivity index (χ0v) is 10.6. The van der Waals surface area contributed by atoms with E-state index in [1.165, 1.54) is 0 Å². The largest absolute Gasteiger partial charge is 0.392 e. The summed E-state index contributed by atoms with van der Waals surface area (Å²) in [6.07, 6.45) is 1.93. The highest BCUT2D eigenvalue weighted by Crippen LogP contribution is 2.28. The molecule has 0 aliphatic heterocycles. The molecule has 0 aliphatic carbocycles. The van der Waals surface area contributed by atoms with E-state index in [1.54, 1.807) is 11.3 Å². The van der Waals surface area contributed by atoms with Crippen LogP contribution < -0.4 is 0 Å². The summed E-state index contributed by atoms with van der Waals surface area (Å²) in [6, 6.07) is 4.02. The molecule has 0 radical (unpaired) electrons. The molecular weight excluding hydrogens is 220 g/mol. The van der Waals surface area contributed by atoms with Crippen molar-refractivity contribution in [3.63, 3.8) is 0 Å². The minimum atomic E-state index is -0.0561. The van der Waals surface area contributed by atoms with Crippen LogP contribution in [0, 0.1) is 0 Å². The first-order valence-electron chi connectivity index (χ1n) is 5.26. The maximum Gasteiger partial charge on any atom is 0.108 e. The van der Waals surface area contributed by atoms with Crippen LogP contribution in [0.1, 0.15) is 26.3 Å². The second-order valence-electron chi connectivity index (χ2n) is 4.75. The van der Waals surface area contributed by atoms with Gasteiger partial charge in [-0.1, -0.05) is 6.07 Å². The molecular formula is C12H16N2OS. The molecule has 4 heteroatoms. The Balaban J connectivity index is 2.50. The molecule has 0 aliphatic rings. The molecule has 2 heterocycles. The standard InChI is InChI=1S/C12H16N2OS/c1-12(2,3)14-7-9(8-15)11(13-14)10-5-4-6-16-10/h4-7,15H,8H2,1-3H3. The summed E-state index contributed by atoms with van der Waals surface area (Å²) in [5.41, 5.74) is 1.73. The molecule has 2 aromatic rings. The molecule has 0 atom stereocenters. The summed E-state index contributed by atoms with van der Waals surface area (Å²) < 4.78 is 1.91. The van der Waals surface area contributed by atoms with E-state index < -0.39 is 0 Å². The third-order valence-electron chi connectivity index (χ3n) is 2.40. The molecule has 0 amide bonds. The van der Waals surface area contributed by atoms with Gasteiger partial charge in [0.15, 0.2) is 0 Å². The monoisotopic (exact) mass is 236 g/mol. The number of aromatic nitrogens is 2. The summed E-state index contributed by atoms with van der Waals surface area (Å²) in [5, 5.41) is 15.9. The number of rotatable bonds is 2. The Hall–Kier alpha value is -1.13. The smallest absolute Gasteiger partial charge is 0.108 e. The fourth-order valence-electron chi connectivity index (χ4n) is 1.49. The van der Waals surface area contributed by atoms with Crippen LogP contribution in [0.25, 0.3) is 10.6 Å². The summed E-state index contributed by atoms with van der Waals surface area (Å²) in [4.78, 5) is 1.10. The topological polar surface area (TPSA) is 38.0 Å². The SMILES string of the molecule is CC(C)(C)n1cc(CO)c(-c2cccs2)n1. The van der Waals surface area contributed by atoms with Crippen LogP contribution >= 0.6 is 11.3 Å². The fraction of sp³-hybridized carbons (Fsp3) is 0.417. The van der Waals surface area contributed by atoms with Gasteiger partial charge in [0.1, 0.15) is 5.69 Å². The van der Waals surface area contributed by atoms with Gasteiger partial charge in [-0.2, -0.15) is 5.10 Å². The molecule has 2 rings (SSSR count). The van der Waals surface area contributed by atoms with E-state index in [9.17, 15) is 5.11 Å². The van der Waals surface area contributed by atoms with Gasteiger partial charge >= 0.3 is 0 Å². The van der Waals surface area contributed by atoms with E-state index in [4.69, 9.17) is 0 Å². The van der Waals surface area contributed by atoms with Crippen molar-refractivity contribution in [1.29, 1.82) is 0 Å². The van der Waals surface area contributed by atoms with Crippen molar-refractivity contribution < 1.29 is 5.11 Å². The zero-order chi connectivity index (χ0) is 11.8. The van der Waals surface area contributed by atoms with E-state index >= 15 is 0 Å². The quantitative estimate of drug-likeness (QED) is 0.870. The van der Waals surface area contributed by atoms with Crippen LogP contribution in [0.2, 0.25) is 0 Å². The van der Waals surface area contributed by atoms with Crippen molar-refractivity contribution in [2.45, 2.75) is 32.9 Å². The molecule has 0 saturated carbocycles. The van der Waals surface area contributed by atoms with Gasteiger partial charge in [0.25, 0.3) is 0 Å². The van der Waals surface area contributed by atoms with Gasteiger partial charge in [0.2, 0.25) is 0 Å². The first-order valence-corrected chi connectivity index (χ1v) is 6.14. The van der Waals surface area contributed by atoms with Crippen molar-refractivity contribution >= 4 is 11.3 Å². The lowest BCUT2D eigenvalue weighted by molar-refractivity contribution is 0.281. The molecule has 1 N–H and O–H groups in total. The highest BCUT2D eigenvalue weighted by atomic mass is 32.1. The van der Waals surface area contributed by atoms with Crippen molar-refractivity contribution in [3.8, 4) is 10.6 Å². The third-order valence-corrected chi connectivity index (χ3v) is 3.28. The summed E-state index contributed by atoms with van der Waals surface area (Å²) >= 11 is 1.64. The normalized spacial score (nSPS) is 12.0. The van der Waals surface area contributed by atoms with Crippen molar-refractivity contribution in [3.05, 3.63) is 29.3 Å². The minimum Gasteiger partial charge on any atom is -0.392 e. The molecule has 0 bridgehead atoms. The van der Waals surface area contributed by atoms with Crippen LogP contribution in [0.15, 0.2) is 23.7 Å². The lowest BCUT2D eigenvalue weighted by Gasteiger charge is -2.18. The second kappa shape index (κ2) is 4.03. The number of hydrogen-bond acceptors (Lipinski definition) is 3. The third kappa shape index (κ3) is 2.03. The first kappa shape index (κ1) is 11.4. The average Bonchev–Trinajstić information content (AvgIpc) is 2.85. The zero-order valence-electron chi connectivity index (χ0n) is 9.77. The Morgan fingerprint density at radius 3 is 2.69 bits per heavy atom. The summed E-state index contributed by atoms with van der Waals surface area (Å²) in [7, 11) is 0. The summed E-state index contributed by atoms with van der Waals surface area (Å²) in [6.45, 7) is 6.32. The van der Waals surface area contributed by atoms with E-state index in [2.05, 4.69) is 25.9 Å². The lowest BCUT2D eigenvalue weighted by Crippen LogP contribution is -2.22. The molecule has 0 saturated heterocycles. The number of thiophene rings is 1. The van der Waals surface area contributed by atoms with Crippen LogP contribution in [-0.2, 0) is 12.1 Å². The van der Waals surface area contributed by atoms with Gasteiger partial charge in [-0.25, -0.2) is 0 Å². The lowest BCUT2D eigenvalue weighted by atomic mass is 10.1. The van der Waals surface area contributed by atoms with E-state index in [0.717, 1.165) is 16.1 Å². The fourth-order valence-corrected chi connectivity index (χ4v) is 2.23. The van der Waals surface area contributed by atoms with Crippen LogP contribution in [0.3, 0.4) is 0 Å². The highest BCUT2D eigenvalue weighted by molar-refractivity contribution is 7.13. The maximum atomic E-state index is 9.35. The molecule has 0 unspecified atom stereocenters. The molecule has 2 aromatic heterocycles. The number of aliphatic hydroxyl groups is 1. The van der Waals surface area contributed by atoms with Crippen molar-refractivity contribution in [2.75, 3.05) is 0 Å². The molecule has 16 heavy (non-hydrogen) atoms. The van der Waals surface area contributed by atoms with Crippen molar-refractivity contribution in [2.24, 2.45) is 0 Å². The van der Waals surface area contributed by atoms with Crippen LogP contribution in [0.5, 0.6) is 0 Å². The maximum absolute atomic E-state index is 9.35. The molecule has 0 aromatic carbocycles. The van der Waals surface area contributed by atoms with Gasteiger partial charge in [-0.3, -0.25) is 4.68 Å². The van der Waals surface area contributed by atoms with Crippen LogP contribution in [-0.4, -0.2) is 14.9 Å². The first-order chi connectivity index (χ1) is 7.52. The van der Waals surface area contributed by atoms with Gasteiger partial charge < -0.3 is 5.11 Å². The Kier molecular flexibility index (Phi) is 2.86. The Morgan fingerprint density at radius 2 is 2.19 bits per heavy atom. The Bertz CT molecular complexity index is 466. The van der Waals surface area contributed by atoms with Gasteiger partial charge in [0.05, 0.1) is 17.0 Å². The van der Waals surface area contributed by atoms with Gasteiger partial charge in [-0.15, -0.1) is 11.3 Å². The van der Waals surface area contributed by atoms with E-state index in [1.807, 2.05) is 28.4 Å². The van der Waals surface area contributed by atoms with Crippen LogP contribution in [0.4, 0.5) is 0 Å². The average molecular weight is 236 g/mol. The Morgan fingerprint density at radius 1 is 1.44 bits per heavy atom.